The van der Waals surface area contributed by atoms with Crippen LogP contribution in [0.1, 0.15) is 395 Å². The smallest absolute Gasteiger partial charge is 0.302 e. The highest BCUT2D eigenvalue weighted by Gasteiger charge is 2.75. The van der Waals surface area contributed by atoms with E-state index in [1.54, 1.807) is 6.92 Å². The third-order valence-corrected chi connectivity index (χ3v) is 47.3. The van der Waals surface area contributed by atoms with E-state index in [2.05, 4.69) is 276 Å². The fourth-order valence-corrected chi connectivity index (χ4v) is 36.2. The van der Waals surface area contributed by atoms with Crippen molar-refractivity contribution >= 4 is 37.1 Å². The van der Waals surface area contributed by atoms with E-state index in [9.17, 15) is 64.5 Å². The van der Waals surface area contributed by atoms with Crippen molar-refractivity contribution in [2.75, 3.05) is 0 Å². The number of carbonyl (C=O) groups excluding carboxylic acids is 6. The lowest BCUT2D eigenvalue weighted by molar-refractivity contribution is -0.165. The van der Waals surface area contributed by atoms with E-state index in [-0.39, 0.29) is 160 Å². The van der Waals surface area contributed by atoms with Crippen LogP contribution >= 0.6 is 0 Å². The number of hydrogen-bond donors (Lipinski definition) is 7. The molecule has 148 heavy (non-hydrogen) atoms. The second-order valence-corrected chi connectivity index (χ2v) is 57.4. The zero-order valence-electron chi connectivity index (χ0n) is 97.7. The predicted octanol–water partition coefficient (Wildman–Crippen LogP) is 26.7. The van der Waals surface area contributed by atoms with Crippen LogP contribution in [0.5, 0.6) is 0 Å². The van der Waals surface area contributed by atoms with Crippen LogP contribution in [-0.2, 0) is 52.5 Å². The van der Waals surface area contributed by atoms with Crippen molar-refractivity contribution in [1.29, 1.82) is 0 Å². The maximum Gasteiger partial charge on any atom is 0.302 e. The normalized spacial score (nSPS) is 41.6. The molecule has 0 aliphatic heterocycles. The Balaban J connectivity index is 0.000000165. The summed E-state index contributed by atoms with van der Waals surface area (Å²) in [4.78, 5) is 72.2. The second-order valence-electron chi connectivity index (χ2n) is 57.4. The molecule has 16 aliphatic carbocycles. The molecule has 828 valence electrons. The van der Waals surface area contributed by atoms with Gasteiger partial charge in [0.15, 0.2) is 0 Å². The number of aliphatic hydroxyl groups excluding tert-OH is 7. The summed E-state index contributed by atoms with van der Waals surface area (Å²) in [6.45, 7) is 88.3. The zero-order chi connectivity index (χ0) is 110. The lowest BCUT2D eigenvalue weighted by Crippen LogP contribution is -2.56. The van der Waals surface area contributed by atoms with Crippen LogP contribution in [0.25, 0.3) is 0 Å². The number of esters is 2. The molecule has 0 radical (unpaired) electrons. The standard InChI is InChI=1S/2C33H50O5.C33H52O3.C31H48O5/c1-20(2)21(3)10-12-26(37-19-34)29-25(36)18-33(9)24-11-13-27-30(5,6)28(38-22(4)35)15-16-31(27,7)23(24)14-17-32(29,33)8;1-20(2)21(3)10-12-26(37-19-34)25-18-29(38-22(4)35)33(9)24-11-13-27-30(5,6)28(36)15-16-31(27,7)23(24)14-17-32(25,33)8;1-20(29(3,4)5)11-12-22(21(2)34)28-25(35)19-33(10)24-13-14-26-30(6,7)27(36)16-17-31(26,8)23(24)15-18-32(28,33)9;1-18(2)19(3)9-11-22(36-17-32)25-26(34)27(35)31(8)21-10-12-23-28(4,5)24(33)14-15-29(23,6)20(21)13-16-30(25,31)7/h2*11,14,19-20,25-29,36H,3,10,12-13,15-18H2,1-2,4-9H3;13,15,22,25-28,35-36H,1,11-12,14,16-19H2,2-10H3;10,13,17-18,22-27,33-35H,3,9,11-12,14-16H2,1-2,4-8H3/t25-,26-,27?,28+,29-,31-,32-,33+;25-,26+,27+,28+,29+,31-,32-,33-;22-,25+,26-,27-,28-,31+,32+,33-;22?,23-,24-,25-,26-,27-,29+,30+,31+/m1100/s1. The number of aliphatic hydroxyl groups is 7. The van der Waals surface area contributed by atoms with Gasteiger partial charge in [0.1, 0.15) is 36.3 Å². The Morgan fingerprint density at radius 1 is 0.385 bits per heavy atom. The zero-order valence-corrected chi connectivity index (χ0v) is 97.7. The van der Waals surface area contributed by atoms with Gasteiger partial charge in [0.2, 0.25) is 0 Å². The van der Waals surface area contributed by atoms with Crippen molar-refractivity contribution in [3.05, 3.63) is 142 Å². The number of ketones is 1. The highest BCUT2D eigenvalue weighted by Crippen LogP contribution is 2.78. The van der Waals surface area contributed by atoms with Crippen molar-refractivity contribution in [3.63, 3.8) is 0 Å². The van der Waals surface area contributed by atoms with E-state index in [1.807, 2.05) is 0 Å². The summed E-state index contributed by atoms with van der Waals surface area (Å²) >= 11 is 0. The van der Waals surface area contributed by atoms with Crippen LogP contribution in [0.4, 0.5) is 0 Å². The van der Waals surface area contributed by atoms with Crippen molar-refractivity contribution in [2.24, 2.45) is 163 Å². The molecule has 0 aromatic rings. The van der Waals surface area contributed by atoms with Gasteiger partial charge in [-0.3, -0.25) is 28.8 Å². The summed E-state index contributed by atoms with van der Waals surface area (Å²) in [6.07, 6.45) is 35.9. The molecule has 8 saturated carbocycles. The first-order valence-electron chi connectivity index (χ1n) is 57.6. The molecule has 0 aromatic heterocycles. The largest absolute Gasteiger partial charge is 0.464 e. The minimum atomic E-state index is -0.999. The SMILES string of the molecule is C=C(CCC(OC=O)[C@H]1[C@H](O)[C@H](O)[C@@]2(C)C3=CC[C@H]4C(C)(C)[C@@H](O)CC[C@]4(C)C3=CC[C@]12C)C(C)C.C=C(CC[C@@H](C(C)=O)[C@H]1[C@H](O)C[C@@]2(C)C3=CC[C@H]4C(C)(C)[C@@H](O)CC[C@]4(C)C3=CC[C@]12C)C(C)(C)C.C=C(CC[C@@H](OC=O)[C@H]1[C@H](O)C[C@@]2(C)C3=CCC4C(C)(C)[C@@H](OC(C)=O)CC[C@]4(C)C3=CC[C@]12C)C(C)C.C=C(CC[C@H](OC=O)[C@H]1C[C@H](OC(C)=O)[C@@]2(C)C3=CC[C@H]4C(C)(C)[C@@H](O)CC[C@]4(C)C3=CC[C@]12C)C(C)C. The van der Waals surface area contributed by atoms with E-state index in [0.29, 0.717) is 106 Å². The van der Waals surface area contributed by atoms with E-state index in [0.717, 1.165) is 151 Å². The maximum absolute atomic E-state index is 13.1. The fraction of sp³-hybridized carbons (Fsp3) is 0.769. The molecule has 0 bridgehead atoms. The fourth-order valence-electron chi connectivity index (χ4n) is 36.2. The number of carbonyl (C=O) groups is 6. The van der Waals surface area contributed by atoms with E-state index >= 15 is 0 Å². The maximum atomic E-state index is 13.1. The van der Waals surface area contributed by atoms with Gasteiger partial charge in [0, 0.05) is 70.5 Å². The predicted molar refractivity (Wildman–Crippen MR) is 590 cm³/mol. The van der Waals surface area contributed by atoms with Crippen molar-refractivity contribution in [2.45, 2.75) is 468 Å². The summed E-state index contributed by atoms with van der Waals surface area (Å²) in [5.41, 5.74) is 12.1. The molecule has 18 nitrogen and oxygen atoms in total. The number of allylic oxidation sites excluding steroid dienone is 18. The van der Waals surface area contributed by atoms with Crippen molar-refractivity contribution < 1.29 is 88.2 Å². The van der Waals surface area contributed by atoms with Gasteiger partial charge in [-0.2, -0.15) is 0 Å². The molecule has 18 heteroatoms. The van der Waals surface area contributed by atoms with Gasteiger partial charge in [0.05, 0.1) is 42.7 Å². The Morgan fingerprint density at radius 2 is 0.709 bits per heavy atom. The van der Waals surface area contributed by atoms with Gasteiger partial charge in [-0.25, -0.2) is 0 Å². The molecule has 33 atom stereocenters. The minimum absolute atomic E-state index is 0.00862. The Hall–Kier alpha value is -6.38. The van der Waals surface area contributed by atoms with E-state index in [4.69, 9.17) is 23.7 Å². The molecule has 7 N–H and O–H groups in total. The molecule has 16 aliphatic rings. The summed E-state index contributed by atoms with van der Waals surface area (Å²) in [6, 6.07) is 0. The number of fused-ring (bicyclic) bond motifs is 20. The second kappa shape index (κ2) is 42.0. The third kappa shape index (κ3) is 19.1. The number of Topliss-reactive ketones (excluding diaryl/α,β-unsaturated/α-hetero) is 1. The van der Waals surface area contributed by atoms with Crippen LogP contribution in [0.2, 0.25) is 0 Å². The first-order chi connectivity index (χ1) is 68.4. The molecular formula is C130H200O18. The molecular weight excluding hydrogens is 1850 g/mol. The average Bonchev–Trinajstić information content (AvgIpc) is 1.49. The average molecular weight is 2050 g/mol. The van der Waals surface area contributed by atoms with Gasteiger partial charge in [0.25, 0.3) is 19.4 Å². The molecule has 0 saturated heterocycles. The number of hydrogen-bond acceptors (Lipinski definition) is 18. The monoisotopic (exact) mass is 2050 g/mol. The molecule has 2 unspecified atom stereocenters. The van der Waals surface area contributed by atoms with Gasteiger partial charge in [-0.15, -0.1) is 0 Å². The molecule has 0 amide bonds. The molecule has 8 fully saturated rings. The van der Waals surface area contributed by atoms with Gasteiger partial charge in [-0.1, -0.05) is 298 Å². The minimum Gasteiger partial charge on any atom is -0.464 e. The Bertz CT molecular complexity index is 5310. The molecule has 0 aromatic carbocycles. The number of ether oxygens (including phenoxy) is 5. The van der Waals surface area contributed by atoms with E-state index in [1.165, 1.54) is 58.4 Å². The summed E-state index contributed by atoms with van der Waals surface area (Å²) in [7, 11) is 0. The summed E-state index contributed by atoms with van der Waals surface area (Å²) < 4.78 is 29.2. The van der Waals surface area contributed by atoms with Crippen LogP contribution in [0.3, 0.4) is 0 Å². The summed E-state index contributed by atoms with van der Waals surface area (Å²) in [5, 5.41) is 79.0. The molecule has 0 spiro atoms. The summed E-state index contributed by atoms with van der Waals surface area (Å²) in [5.74, 6) is 1.57. The Kier molecular flexibility index (Phi) is 33.6. The first-order valence-corrected chi connectivity index (χ1v) is 57.6. The van der Waals surface area contributed by atoms with Gasteiger partial charge >= 0.3 is 11.9 Å². The van der Waals surface area contributed by atoms with Crippen molar-refractivity contribution in [1.82, 2.24) is 0 Å². The highest BCUT2D eigenvalue weighted by molar-refractivity contribution is 5.79. The van der Waals surface area contributed by atoms with Crippen LogP contribution in [0.15, 0.2) is 142 Å². The highest BCUT2D eigenvalue weighted by atomic mass is 16.6. The van der Waals surface area contributed by atoms with Crippen LogP contribution in [0, 0.1) is 163 Å². The van der Waals surface area contributed by atoms with Gasteiger partial charge < -0.3 is 59.4 Å². The topological polar surface area (TPSA) is 290 Å². The van der Waals surface area contributed by atoms with Crippen LogP contribution in [-0.4, -0.2) is 146 Å². The quantitative estimate of drug-likeness (QED) is 0.0166. The first kappa shape index (κ1) is 119. The Labute approximate surface area is 893 Å². The third-order valence-electron chi connectivity index (χ3n) is 47.3. The lowest BCUT2D eigenvalue weighted by atomic mass is 9.44. The van der Waals surface area contributed by atoms with Crippen molar-refractivity contribution in [3.8, 4) is 0 Å². The van der Waals surface area contributed by atoms with Crippen LogP contribution < -0.4 is 0 Å². The molecule has 0 heterocycles. The van der Waals surface area contributed by atoms with Gasteiger partial charge in [-0.05, 0) is 331 Å². The lowest BCUT2D eigenvalue weighted by Gasteiger charge is -2.61. The Morgan fingerprint density at radius 3 is 1.09 bits per heavy atom. The van der Waals surface area contributed by atoms with E-state index < -0.39 is 52.7 Å². The number of rotatable bonds is 28. The molecule has 16 rings (SSSR count).